The molecule has 184 valence electrons. The molecule has 4 aromatic rings. The van der Waals surface area contributed by atoms with Crippen LogP contribution in [0.3, 0.4) is 0 Å². The van der Waals surface area contributed by atoms with Crippen LogP contribution >= 0.6 is 22.6 Å². The van der Waals surface area contributed by atoms with Crippen molar-refractivity contribution in [3.63, 3.8) is 0 Å². The number of nitrogens with zero attached hydrogens (tertiary/aromatic N) is 1. The number of anilines is 1. The number of hydrogen-bond acceptors (Lipinski definition) is 3. The Bertz CT molecular complexity index is 1340. The lowest BCUT2D eigenvalue weighted by atomic mass is 10.1. The van der Waals surface area contributed by atoms with Gasteiger partial charge in [-0.05, 0) is 71.8 Å². The summed E-state index contributed by atoms with van der Waals surface area (Å²) >= 11 is 2.11. The van der Waals surface area contributed by atoms with E-state index < -0.39 is 12.1 Å². The number of carbonyl (C=O) groups is 2. The molecule has 9 heteroatoms. The number of amides is 3. The zero-order valence-corrected chi connectivity index (χ0v) is 21.7. The van der Waals surface area contributed by atoms with E-state index in [1.165, 1.54) is 6.07 Å². The monoisotopic (exact) mass is 597 g/mol. The molecule has 0 spiro atoms. The number of aromatic amines is 1. The summed E-state index contributed by atoms with van der Waals surface area (Å²) in [5.41, 5.74) is 4.62. The Labute approximate surface area is 222 Å². The number of urea groups is 1. The third-order valence-corrected chi connectivity index (χ3v) is 6.32. The summed E-state index contributed by atoms with van der Waals surface area (Å²) in [5.74, 6) is 0.245. The first-order valence-electron chi connectivity index (χ1n) is 11.3. The number of H-pyrrole nitrogens is 1. The van der Waals surface area contributed by atoms with Crippen LogP contribution in [0.15, 0.2) is 72.8 Å². The molecule has 0 aliphatic heterocycles. The maximum Gasteiger partial charge on any atom is 0.315 e. The lowest BCUT2D eigenvalue weighted by Crippen LogP contribution is -2.39. The first kappa shape index (κ1) is 25.4. The molecule has 1 atom stereocenters. The fourth-order valence-electron chi connectivity index (χ4n) is 3.85. The fourth-order valence-corrected chi connectivity index (χ4v) is 4.41. The van der Waals surface area contributed by atoms with Gasteiger partial charge in [0.1, 0.15) is 11.6 Å². The van der Waals surface area contributed by atoms with Crippen LogP contribution in [0.4, 0.5) is 14.9 Å². The quantitative estimate of drug-likeness (QED) is 0.152. The van der Waals surface area contributed by atoms with Crippen LogP contribution in [0.1, 0.15) is 28.7 Å². The van der Waals surface area contributed by atoms with Crippen LogP contribution in [0.5, 0.6) is 0 Å². The van der Waals surface area contributed by atoms with Crippen molar-refractivity contribution in [3.05, 3.63) is 105 Å². The Kier molecular flexibility index (Phi) is 8.32. The standard InChI is InChI=1S/C27H25FIN5O2/c1-17-25(19-7-10-22(11-8-19)31-16-35)34-26(32-17)24(13-18-5-3-2-4-6-18)33-27(36)30-15-20-14-21(29)9-12-23(20)28/h2-12,14,16,24H,13,15H2,1H3,(H,31,35)(H,32,34)(H2,30,33,36)/t24-/m0/s1. The van der Waals surface area contributed by atoms with E-state index in [-0.39, 0.29) is 12.4 Å². The van der Waals surface area contributed by atoms with Crippen molar-refractivity contribution >= 4 is 40.7 Å². The van der Waals surface area contributed by atoms with E-state index in [1.54, 1.807) is 24.3 Å². The molecular weight excluding hydrogens is 572 g/mol. The second-order valence-electron chi connectivity index (χ2n) is 8.24. The minimum atomic E-state index is -0.448. The molecule has 0 fully saturated rings. The first-order chi connectivity index (χ1) is 17.4. The highest BCUT2D eigenvalue weighted by Crippen LogP contribution is 2.26. The third kappa shape index (κ3) is 6.48. The highest BCUT2D eigenvalue weighted by Gasteiger charge is 2.21. The number of rotatable bonds is 9. The van der Waals surface area contributed by atoms with Gasteiger partial charge >= 0.3 is 6.03 Å². The molecule has 3 amide bonds. The Hall–Kier alpha value is -3.73. The SMILES string of the molecule is Cc1[nH]c([C@H](Cc2ccccc2)NC(=O)NCc2cc(I)ccc2F)nc1-c1ccc(NC=O)cc1. The van der Waals surface area contributed by atoms with Gasteiger partial charge < -0.3 is 20.9 Å². The maximum absolute atomic E-state index is 14.1. The summed E-state index contributed by atoms with van der Waals surface area (Å²) in [7, 11) is 0. The first-order valence-corrected chi connectivity index (χ1v) is 12.4. The highest BCUT2D eigenvalue weighted by molar-refractivity contribution is 14.1. The third-order valence-electron chi connectivity index (χ3n) is 5.65. The Balaban J connectivity index is 1.54. The number of carbonyl (C=O) groups excluding carboxylic acids is 2. The van der Waals surface area contributed by atoms with E-state index in [1.807, 2.05) is 49.4 Å². The normalized spacial score (nSPS) is 11.5. The van der Waals surface area contributed by atoms with Crippen molar-refractivity contribution in [2.45, 2.75) is 25.9 Å². The summed E-state index contributed by atoms with van der Waals surface area (Å²) in [6.45, 7) is 1.99. The number of benzene rings is 3. The number of halogens is 2. The molecule has 1 heterocycles. The zero-order chi connectivity index (χ0) is 25.5. The summed E-state index contributed by atoms with van der Waals surface area (Å²) in [4.78, 5) is 31.6. The van der Waals surface area contributed by atoms with Gasteiger partial charge in [0.15, 0.2) is 0 Å². The minimum absolute atomic E-state index is 0.0656. The number of nitrogens with one attached hydrogen (secondary N) is 4. The number of imidazole rings is 1. The van der Waals surface area contributed by atoms with Gasteiger partial charge in [-0.15, -0.1) is 0 Å². The van der Waals surface area contributed by atoms with Gasteiger partial charge in [-0.25, -0.2) is 14.2 Å². The zero-order valence-electron chi connectivity index (χ0n) is 19.5. The number of aryl methyl sites for hydroxylation is 1. The van der Waals surface area contributed by atoms with Crippen molar-refractivity contribution in [1.29, 1.82) is 0 Å². The van der Waals surface area contributed by atoms with Crippen molar-refractivity contribution in [2.75, 3.05) is 5.32 Å². The fraction of sp³-hybridized carbons (Fsp3) is 0.148. The number of hydrogen-bond donors (Lipinski definition) is 4. The molecule has 0 saturated carbocycles. The minimum Gasteiger partial charge on any atom is -0.344 e. The lowest BCUT2D eigenvalue weighted by Gasteiger charge is -2.18. The second kappa shape index (κ2) is 11.8. The van der Waals surface area contributed by atoms with Gasteiger partial charge in [0.25, 0.3) is 0 Å². The van der Waals surface area contributed by atoms with E-state index in [0.29, 0.717) is 29.9 Å². The lowest BCUT2D eigenvalue weighted by molar-refractivity contribution is -0.105. The van der Waals surface area contributed by atoms with E-state index in [4.69, 9.17) is 4.98 Å². The van der Waals surface area contributed by atoms with Crippen molar-refractivity contribution in [3.8, 4) is 11.3 Å². The molecule has 4 N–H and O–H groups in total. The summed E-state index contributed by atoms with van der Waals surface area (Å²) in [6, 6.07) is 21.1. The smallest absolute Gasteiger partial charge is 0.315 e. The van der Waals surface area contributed by atoms with Crippen LogP contribution in [0, 0.1) is 16.3 Å². The molecule has 36 heavy (non-hydrogen) atoms. The molecule has 0 bridgehead atoms. The van der Waals surface area contributed by atoms with Crippen molar-refractivity contribution in [1.82, 2.24) is 20.6 Å². The average molecular weight is 597 g/mol. The average Bonchev–Trinajstić information content (AvgIpc) is 3.27. The molecule has 0 unspecified atom stereocenters. The van der Waals surface area contributed by atoms with E-state index in [2.05, 4.69) is 43.5 Å². The van der Waals surface area contributed by atoms with Crippen LogP contribution in [0.25, 0.3) is 11.3 Å². The topological polar surface area (TPSA) is 98.9 Å². The molecule has 3 aromatic carbocycles. The van der Waals surface area contributed by atoms with Gasteiger partial charge in [0, 0.05) is 32.6 Å². The largest absolute Gasteiger partial charge is 0.344 e. The van der Waals surface area contributed by atoms with E-state index in [9.17, 15) is 14.0 Å². The molecular formula is C27H25FIN5O2. The molecule has 0 saturated heterocycles. The van der Waals surface area contributed by atoms with Crippen LogP contribution in [-0.2, 0) is 17.8 Å². The number of aromatic nitrogens is 2. The van der Waals surface area contributed by atoms with Gasteiger partial charge in [0.05, 0.1) is 11.7 Å². The van der Waals surface area contributed by atoms with Crippen molar-refractivity contribution in [2.24, 2.45) is 0 Å². The predicted molar refractivity (Wildman–Crippen MR) is 146 cm³/mol. The molecule has 0 aliphatic carbocycles. The van der Waals surface area contributed by atoms with Gasteiger partial charge in [-0.2, -0.15) is 0 Å². The molecule has 0 radical (unpaired) electrons. The van der Waals surface area contributed by atoms with Crippen LogP contribution in [0.2, 0.25) is 0 Å². The maximum atomic E-state index is 14.1. The molecule has 4 rings (SSSR count). The summed E-state index contributed by atoms with van der Waals surface area (Å²) in [5, 5.41) is 8.36. The van der Waals surface area contributed by atoms with Crippen molar-refractivity contribution < 1.29 is 14.0 Å². The second-order valence-corrected chi connectivity index (χ2v) is 9.49. The van der Waals surface area contributed by atoms with Crippen LogP contribution < -0.4 is 16.0 Å². The Morgan fingerprint density at radius 3 is 2.58 bits per heavy atom. The summed E-state index contributed by atoms with van der Waals surface area (Å²) < 4.78 is 15.0. The van der Waals surface area contributed by atoms with Gasteiger partial charge in [-0.1, -0.05) is 42.5 Å². The Morgan fingerprint density at radius 1 is 1.11 bits per heavy atom. The van der Waals surface area contributed by atoms with Gasteiger partial charge in [-0.3, -0.25) is 4.79 Å². The highest BCUT2D eigenvalue weighted by atomic mass is 127. The predicted octanol–water partition coefficient (Wildman–Crippen LogP) is 5.48. The van der Waals surface area contributed by atoms with E-state index >= 15 is 0 Å². The van der Waals surface area contributed by atoms with Gasteiger partial charge in [0.2, 0.25) is 6.41 Å². The molecule has 7 nitrogen and oxygen atoms in total. The molecule has 0 aliphatic rings. The van der Waals surface area contributed by atoms with Crippen LogP contribution in [-0.4, -0.2) is 22.4 Å². The summed E-state index contributed by atoms with van der Waals surface area (Å²) in [6.07, 6.45) is 1.14. The Morgan fingerprint density at radius 2 is 1.86 bits per heavy atom. The molecule has 1 aromatic heterocycles. The van der Waals surface area contributed by atoms with E-state index in [0.717, 1.165) is 26.1 Å².